The van der Waals surface area contributed by atoms with Crippen LogP contribution in [0.4, 0.5) is 10.1 Å². The highest BCUT2D eigenvalue weighted by Crippen LogP contribution is 2.33. The van der Waals surface area contributed by atoms with Crippen molar-refractivity contribution in [3.05, 3.63) is 46.4 Å². The number of benzene rings is 1. The van der Waals surface area contributed by atoms with Crippen LogP contribution < -0.4 is 10.1 Å². The maximum Gasteiger partial charge on any atom is 0.224 e. The second-order valence-corrected chi connectivity index (χ2v) is 8.19. The predicted octanol–water partition coefficient (Wildman–Crippen LogP) is 4.14. The number of nitrogens with one attached hydrogen (secondary N) is 1. The average molecular weight is 374 g/mol. The molecule has 1 N–H and O–H groups in total. The topological polar surface area (TPSA) is 41.6 Å². The highest BCUT2D eigenvalue weighted by Gasteiger charge is 2.31. The number of hydrogen-bond donors (Lipinski definition) is 1. The number of anilines is 1. The highest BCUT2D eigenvalue weighted by molar-refractivity contribution is 7.09. The van der Waals surface area contributed by atoms with Gasteiger partial charge >= 0.3 is 0 Å². The Labute approximate surface area is 157 Å². The number of hydrogen-bond acceptors (Lipinski definition) is 4. The lowest BCUT2D eigenvalue weighted by molar-refractivity contribution is -0.118. The first-order chi connectivity index (χ1) is 12.7. The summed E-state index contributed by atoms with van der Waals surface area (Å²) in [5.41, 5.74) is 0.434. The van der Waals surface area contributed by atoms with Crippen LogP contribution in [0.3, 0.4) is 0 Å². The van der Waals surface area contributed by atoms with Gasteiger partial charge in [-0.25, -0.2) is 4.39 Å². The van der Waals surface area contributed by atoms with Crippen LogP contribution >= 0.6 is 11.3 Å². The molecule has 0 radical (unpaired) electrons. The number of rotatable bonds is 2. The van der Waals surface area contributed by atoms with Gasteiger partial charge in [0.15, 0.2) is 0 Å². The van der Waals surface area contributed by atoms with Crippen molar-refractivity contribution in [3.8, 4) is 5.75 Å². The zero-order valence-corrected chi connectivity index (χ0v) is 15.4. The maximum absolute atomic E-state index is 13.5. The molecule has 4 rings (SSSR count). The van der Waals surface area contributed by atoms with Crippen LogP contribution in [0.2, 0.25) is 0 Å². The van der Waals surface area contributed by atoms with E-state index in [9.17, 15) is 9.18 Å². The fourth-order valence-corrected chi connectivity index (χ4v) is 4.75. The number of amides is 1. The number of halogens is 1. The molecule has 3 heterocycles. The monoisotopic (exact) mass is 374 g/mol. The number of ether oxygens (including phenoxy) is 1. The summed E-state index contributed by atoms with van der Waals surface area (Å²) in [6.07, 6.45) is 2.42. The van der Waals surface area contributed by atoms with Crippen molar-refractivity contribution in [2.24, 2.45) is 11.8 Å². The van der Waals surface area contributed by atoms with Gasteiger partial charge in [-0.2, -0.15) is 0 Å². The molecule has 2 aliphatic heterocycles. The van der Waals surface area contributed by atoms with Crippen molar-refractivity contribution < 1.29 is 13.9 Å². The molecular formula is C20H23FN2O2S. The maximum atomic E-state index is 13.5. The first kappa shape index (κ1) is 17.5. The molecule has 0 spiro atoms. The summed E-state index contributed by atoms with van der Waals surface area (Å²) >= 11 is 1.79. The molecule has 0 saturated carbocycles. The normalized spacial score (nSPS) is 24.1. The molecule has 1 aromatic carbocycles. The van der Waals surface area contributed by atoms with Crippen LogP contribution in [0.5, 0.6) is 5.75 Å². The lowest BCUT2D eigenvalue weighted by Crippen LogP contribution is -2.42. The minimum atomic E-state index is -0.371. The van der Waals surface area contributed by atoms with Crippen molar-refractivity contribution in [3.63, 3.8) is 0 Å². The molecule has 0 aliphatic carbocycles. The summed E-state index contributed by atoms with van der Waals surface area (Å²) < 4.78 is 19.4. The van der Waals surface area contributed by atoms with Gasteiger partial charge in [0.2, 0.25) is 5.91 Å². The van der Waals surface area contributed by atoms with Crippen LogP contribution in [-0.2, 0) is 11.3 Å². The van der Waals surface area contributed by atoms with E-state index >= 15 is 0 Å². The van der Waals surface area contributed by atoms with Gasteiger partial charge in [-0.05, 0) is 54.8 Å². The molecular weight excluding hydrogens is 351 g/mol. The smallest absolute Gasteiger partial charge is 0.224 e. The van der Waals surface area contributed by atoms with Crippen LogP contribution in [0.1, 0.15) is 24.1 Å². The van der Waals surface area contributed by atoms with E-state index < -0.39 is 0 Å². The Balaban J connectivity index is 1.46. The Morgan fingerprint density at radius 2 is 2.19 bits per heavy atom. The summed E-state index contributed by atoms with van der Waals surface area (Å²) in [7, 11) is 0. The Bertz CT molecular complexity index is 765. The number of carbonyl (C=O) groups excluding carboxylic acids is 1. The molecule has 0 bridgehead atoms. The quantitative estimate of drug-likeness (QED) is 0.859. The first-order valence-corrected chi connectivity index (χ1v) is 10.0. The van der Waals surface area contributed by atoms with Gasteiger partial charge in [0, 0.05) is 30.5 Å². The molecule has 1 saturated heterocycles. The molecule has 1 aromatic heterocycles. The third kappa shape index (κ3) is 4.07. The van der Waals surface area contributed by atoms with E-state index in [1.165, 1.54) is 17.0 Å². The van der Waals surface area contributed by atoms with E-state index in [2.05, 4.69) is 27.7 Å². The third-order valence-electron chi connectivity index (χ3n) is 5.34. The fourth-order valence-electron chi connectivity index (χ4n) is 4.00. The van der Waals surface area contributed by atoms with E-state index in [0.717, 1.165) is 32.5 Å². The second-order valence-electron chi connectivity index (χ2n) is 7.15. The summed E-state index contributed by atoms with van der Waals surface area (Å²) in [5, 5.41) is 4.95. The lowest BCUT2D eigenvalue weighted by Gasteiger charge is -2.38. The van der Waals surface area contributed by atoms with Crippen molar-refractivity contribution >= 4 is 22.9 Å². The number of nitrogens with zero attached hydrogens (tertiary/aromatic N) is 1. The number of fused-ring (bicyclic) bond motifs is 2. The van der Waals surface area contributed by atoms with Crippen LogP contribution in [0.15, 0.2) is 35.7 Å². The minimum absolute atomic E-state index is 0.0518. The van der Waals surface area contributed by atoms with Gasteiger partial charge in [-0.3, -0.25) is 9.69 Å². The van der Waals surface area contributed by atoms with Gasteiger partial charge in [-0.1, -0.05) is 6.07 Å². The van der Waals surface area contributed by atoms with Crippen LogP contribution in [0, 0.1) is 17.7 Å². The zero-order chi connectivity index (χ0) is 17.9. The van der Waals surface area contributed by atoms with Crippen molar-refractivity contribution in [1.29, 1.82) is 0 Å². The minimum Gasteiger partial charge on any atom is -0.491 e. The standard InChI is InChI=1S/C20H23FN2O2S/c21-16-3-4-19-18(11-16)22-20(24)10-14-5-7-23(12-15(14)6-8-25-19)13-17-2-1-9-26-17/h1-4,9,11,14-15H,5-8,10,12-13H2,(H,22,24)/t14-,15-/m0/s1. The van der Waals surface area contributed by atoms with Crippen molar-refractivity contribution in [2.75, 3.05) is 25.0 Å². The Morgan fingerprint density at radius 3 is 3.04 bits per heavy atom. The van der Waals surface area contributed by atoms with E-state index in [1.807, 2.05) is 0 Å². The molecule has 1 amide bonds. The molecule has 6 heteroatoms. The molecule has 0 unspecified atom stereocenters. The van der Waals surface area contributed by atoms with E-state index in [4.69, 9.17) is 4.74 Å². The third-order valence-corrected chi connectivity index (χ3v) is 6.21. The molecule has 1 fully saturated rings. The molecule has 4 nitrogen and oxygen atoms in total. The van der Waals surface area contributed by atoms with E-state index in [1.54, 1.807) is 17.4 Å². The number of thiophene rings is 1. The van der Waals surface area contributed by atoms with E-state index in [-0.39, 0.29) is 11.7 Å². The van der Waals surface area contributed by atoms with Crippen LogP contribution in [0.25, 0.3) is 0 Å². The second kappa shape index (κ2) is 7.76. The highest BCUT2D eigenvalue weighted by atomic mass is 32.1. The predicted molar refractivity (Wildman–Crippen MR) is 101 cm³/mol. The molecule has 26 heavy (non-hydrogen) atoms. The SMILES string of the molecule is O=C1C[C@@H]2CCN(Cc3cccs3)C[C@@H]2CCOc2ccc(F)cc2N1. The summed E-state index contributed by atoms with van der Waals surface area (Å²) in [4.78, 5) is 16.3. The Kier molecular flexibility index (Phi) is 5.22. The van der Waals surface area contributed by atoms with Crippen molar-refractivity contribution in [2.45, 2.75) is 25.8 Å². The van der Waals surface area contributed by atoms with Gasteiger partial charge in [0.05, 0.1) is 12.3 Å². The van der Waals surface area contributed by atoms with Gasteiger partial charge in [-0.15, -0.1) is 11.3 Å². The molecule has 2 aromatic rings. The van der Waals surface area contributed by atoms with Gasteiger partial charge in [0.25, 0.3) is 0 Å². The Hall–Kier alpha value is -1.92. The zero-order valence-electron chi connectivity index (χ0n) is 14.6. The summed E-state index contributed by atoms with van der Waals surface area (Å²) in [6, 6.07) is 8.55. The summed E-state index contributed by atoms with van der Waals surface area (Å²) in [5.74, 6) is 0.919. The van der Waals surface area contributed by atoms with Gasteiger partial charge < -0.3 is 10.1 Å². The Morgan fingerprint density at radius 1 is 1.27 bits per heavy atom. The first-order valence-electron chi connectivity index (χ1n) is 9.14. The molecule has 2 atom stereocenters. The van der Waals surface area contributed by atoms with Gasteiger partial charge in [0.1, 0.15) is 11.6 Å². The molecule has 138 valence electrons. The number of likely N-dealkylation sites (tertiary alicyclic amines) is 1. The largest absolute Gasteiger partial charge is 0.491 e. The molecule has 2 aliphatic rings. The average Bonchev–Trinajstić information content (AvgIpc) is 3.11. The van der Waals surface area contributed by atoms with Crippen LogP contribution in [-0.4, -0.2) is 30.5 Å². The van der Waals surface area contributed by atoms with E-state index in [0.29, 0.717) is 36.3 Å². The lowest BCUT2D eigenvalue weighted by atomic mass is 9.81. The summed E-state index contributed by atoms with van der Waals surface area (Å²) in [6.45, 7) is 3.58. The number of carbonyl (C=O) groups is 1. The van der Waals surface area contributed by atoms with Crippen molar-refractivity contribution in [1.82, 2.24) is 4.90 Å². The fraction of sp³-hybridized carbons (Fsp3) is 0.450. The number of piperidine rings is 1.